The van der Waals surface area contributed by atoms with Crippen LogP contribution in [0, 0.1) is 0 Å². The zero-order valence-corrected chi connectivity index (χ0v) is 20.8. The van der Waals surface area contributed by atoms with Gasteiger partial charge in [-0.3, -0.25) is 4.79 Å². The third-order valence-electron chi connectivity index (χ3n) is 6.39. The van der Waals surface area contributed by atoms with E-state index in [4.69, 9.17) is 37.4 Å². The lowest BCUT2D eigenvalue weighted by atomic mass is 9.71. The van der Waals surface area contributed by atoms with E-state index >= 15 is 0 Å². The van der Waals surface area contributed by atoms with Crippen LogP contribution < -0.4 is 14.8 Å². The summed E-state index contributed by atoms with van der Waals surface area (Å²) >= 11 is 12.7. The van der Waals surface area contributed by atoms with Crippen molar-refractivity contribution in [2.24, 2.45) is 0 Å². The summed E-state index contributed by atoms with van der Waals surface area (Å²) in [5.74, 6) is -0.0396. The van der Waals surface area contributed by atoms with Gasteiger partial charge in [-0.1, -0.05) is 35.3 Å². The molecule has 2 aromatic carbocycles. The Hall–Kier alpha value is -2.96. The molecule has 2 aliphatic rings. The van der Waals surface area contributed by atoms with Crippen molar-refractivity contribution in [3.05, 3.63) is 80.1 Å². The smallest absolute Gasteiger partial charge is 0.336 e. The van der Waals surface area contributed by atoms with Crippen LogP contribution in [0.4, 0.5) is 0 Å². The Labute approximate surface area is 208 Å². The fourth-order valence-electron chi connectivity index (χ4n) is 4.81. The van der Waals surface area contributed by atoms with Gasteiger partial charge in [0.25, 0.3) is 0 Å². The molecule has 6 nitrogen and oxygen atoms in total. The summed E-state index contributed by atoms with van der Waals surface area (Å²) in [6, 6.07) is 10.8. The van der Waals surface area contributed by atoms with E-state index in [1.54, 1.807) is 39.3 Å². The Morgan fingerprint density at radius 2 is 1.74 bits per heavy atom. The van der Waals surface area contributed by atoms with E-state index in [0.29, 0.717) is 50.4 Å². The number of halogens is 2. The minimum absolute atomic E-state index is 0.0570. The van der Waals surface area contributed by atoms with Crippen molar-refractivity contribution in [3.63, 3.8) is 0 Å². The van der Waals surface area contributed by atoms with E-state index in [0.717, 1.165) is 11.3 Å². The fraction of sp³-hybridized carbons (Fsp3) is 0.308. The number of carbonyl (C=O) groups is 2. The highest BCUT2D eigenvalue weighted by atomic mass is 35.5. The van der Waals surface area contributed by atoms with Gasteiger partial charge in [-0.2, -0.15) is 0 Å². The van der Waals surface area contributed by atoms with Crippen molar-refractivity contribution in [1.82, 2.24) is 5.32 Å². The van der Waals surface area contributed by atoms with Crippen molar-refractivity contribution in [2.45, 2.75) is 31.6 Å². The molecule has 2 unspecified atom stereocenters. The van der Waals surface area contributed by atoms with Crippen LogP contribution in [0.5, 0.6) is 11.5 Å². The van der Waals surface area contributed by atoms with Gasteiger partial charge < -0.3 is 19.5 Å². The molecule has 1 aliphatic carbocycles. The van der Waals surface area contributed by atoms with Gasteiger partial charge in [-0.15, -0.1) is 0 Å². The largest absolute Gasteiger partial charge is 0.493 e. The summed E-state index contributed by atoms with van der Waals surface area (Å²) in [5, 5.41) is 4.17. The number of hydrogen-bond acceptors (Lipinski definition) is 6. The predicted molar refractivity (Wildman–Crippen MR) is 131 cm³/mol. The Bertz CT molecular complexity index is 1230. The number of benzene rings is 2. The summed E-state index contributed by atoms with van der Waals surface area (Å²) < 4.78 is 15.9. The summed E-state index contributed by atoms with van der Waals surface area (Å²) in [7, 11) is 4.49. The minimum atomic E-state index is -0.646. The Balaban J connectivity index is 1.80. The molecule has 8 heteroatoms. The molecule has 0 radical (unpaired) electrons. The number of ketones is 1. The van der Waals surface area contributed by atoms with Crippen LogP contribution in [-0.4, -0.2) is 33.1 Å². The first kappa shape index (κ1) is 24.2. The van der Waals surface area contributed by atoms with Crippen molar-refractivity contribution in [3.8, 4) is 11.5 Å². The SMILES string of the molecule is COC(=O)C1=C(C)NC2=C(C(=O)CC(c3ccc(OC)c(OC)c3)C2)C1c1ccc(Cl)cc1Cl. The maximum Gasteiger partial charge on any atom is 0.336 e. The van der Waals surface area contributed by atoms with Gasteiger partial charge in [0, 0.05) is 39.4 Å². The monoisotopic (exact) mass is 501 g/mol. The molecule has 4 rings (SSSR count). The van der Waals surface area contributed by atoms with Crippen molar-refractivity contribution < 1.29 is 23.8 Å². The zero-order chi connectivity index (χ0) is 24.6. The molecule has 0 amide bonds. The van der Waals surface area contributed by atoms with Crippen molar-refractivity contribution in [1.29, 1.82) is 0 Å². The van der Waals surface area contributed by atoms with Crippen molar-refractivity contribution >= 4 is 35.0 Å². The molecule has 2 atom stereocenters. The average molecular weight is 502 g/mol. The van der Waals surface area contributed by atoms with Crippen LogP contribution in [-0.2, 0) is 14.3 Å². The second kappa shape index (κ2) is 9.72. The lowest BCUT2D eigenvalue weighted by Gasteiger charge is -2.37. The van der Waals surface area contributed by atoms with Crippen LogP contribution in [0.1, 0.15) is 42.7 Å². The molecular formula is C26H25Cl2NO5. The quantitative estimate of drug-likeness (QED) is 0.541. The highest BCUT2D eigenvalue weighted by Gasteiger charge is 2.42. The molecule has 1 N–H and O–H groups in total. The van der Waals surface area contributed by atoms with Crippen LogP contribution in [0.3, 0.4) is 0 Å². The van der Waals surface area contributed by atoms with E-state index in [1.165, 1.54) is 7.11 Å². The number of allylic oxidation sites excluding steroid dienone is 3. The molecule has 2 aromatic rings. The molecule has 0 fully saturated rings. The summed E-state index contributed by atoms with van der Waals surface area (Å²) in [5.41, 5.74) is 3.91. The number of rotatable bonds is 5. The maximum absolute atomic E-state index is 13.6. The van der Waals surface area contributed by atoms with E-state index in [2.05, 4.69) is 5.32 Å². The number of nitrogens with one attached hydrogen (secondary N) is 1. The number of hydrogen-bond donors (Lipinski definition) is 1. The minimum Gasteiger partial charge on any atom is -0.493 e. The van der Waals surface area contributed by atoms with E-state index in [-0.39, 0.29) is 18.1 Å². The molecule has 34 heavy (non-hydrogen) atoms. The lowest BCUT2D eigenvalue weighted by Crippen LogP contribution is -2.36. The maximum atomic E-state index is 13.6. The second-order valence-electron chi connectivity index (χ2n) is 8.29. The van der Waals surface area contributed by atoms with Gasteiger partial charge in [0.2, 0.25) is 0 Å². The summed E-state index contributed by atoms with van der Waals surface area (Å²) in [6.07, 6.45) is 0.870. The second-order valence-corrected chi connectivity index (χ2v) is 9.13. The molecule has 1 heterocycles. The molecule has 0 saturated heterocycles. The Morgan fingerprint density at radius 1 is 1.00 bits per heavy atom. The van der Waals surface area contributed by atoms with Crippen LogP contribution >= 0.6 is 23.2 Å². The van der Waals surface area contributed by atoms with Crippen molar-refractivity contribution in [2.75, 3.05) is 21.3 Å². The highest BCUT2D eigenvalue weighted by molar-refractivity contribution is 6.35. The number of esters is 1. The first-order chi connectivity index (χ1) is 16.3. The summed E-state index contributed by atoms with van der Waals surface area (Å²) in [6.45, 7) is 1.80. The number of Topliss-reactive ketones (excluding diaryl/α,β-unsaturated/α-hetero) is 1. The number of methoxy groups -OCH3 is 3. The molecule has 0 saturated carbocycles. The van der Waals surface area contributed by atoms with Crippen LogP contribution in [0.2, 0.25) is 10.0 Å². The van der Waals surface area contributed by atoms with Gasteiger partial charge in [-0.25, -0.2) is 4.79 Å². The molecule has 1 aliphatic heterocycles. The van der Waals surface area contributed by atoms with Crippen LogP contribution in [0.25, 0.3) is 0 Å². The molecular weight excluding hydrogens is 477 g/mol. The molecule has 178 valence electrons. The number of carbonyl (C=O) groups excluding carboxylic acids is 2. The van der Waals surface area contributed by atoms with E-state index in [9.17, 15) is 9.59 Å². The number of dihydropyridines is 1. The van der Waals surface area contributed by atoms with Crippen LogP contribution in [0.15, 0.2) is 58.9 Å². The highest BCUT2D eigenvalue weighted by Crippen LogP contribution is 2.48. The first-order valence-electron chi connectivity index (χ1n) is 10.8. The summed E-state index contributed by atoms with van der Waals surface area (Å²) in [4.78, 5) is 26.4. The first-order valence-corrected chi connectivity index (χ1v) is 11.5. The standard InChI is InChI=1S/C26H25Cl2NO5/c1-13-23(26(31)34-4)24(17-7-6-16(27)12-18(17)28)25-19(29-13)9-15(10-20(25)30)14-5-8-21(32-2)22(11-14)33-3/h5-8,11-12,15,24,29H,9-10H2,1-4H3. The van der Waals surface area contributed by atoms with E-state index < -0.39 is 11.9 Å². The van der Waals surface area contributed by atoms with E-state index in [1.807, 2.05) is 18.2 Å². The van der Waals surface area contributed by atoms with Gasteiger partial charge >= 0.3 is 5.97 Å². The molecule has 0 spiro atoms. The zero-order valence-electron chi connectivity index (χ0n) is 19.3. The average Bonchev–Trinajstić information content (AvgIpc) is 2.82. The lowest BCUT2D eigenvalue weighted by molar-refractivity contribution is -0.136. The Kier molecular flexibility index (Phi) is 6.91. The predicted octanol–water partition coefficient (Wildman–Crippen LogP) is 5.55. The van der Waals surface area contributed by atoms with Gasteiger partial charge in [0.15, 0.2) is 17.3 Å². The normalized spacial score (nSPS) is 20.0. The third kappa shape index (κ3) is 4.28. The van der Waals surface area contributed by atoms with Gasteiger partial charge in [0.1, 0.15) is 0 Å². The third-order valence-corrected chi connectivity index (χ3v) is 6.95. The van der Waals surface area contributed by atoms with Gasteiger partial charge in [0.05, 0.1) is 26.9 Å². The molecule has 0 aromatic heterocycles. The molecule has 0 bridgehead atoms. The topological polar surface area (TPSA) is 73.9 Å². The fourth-order valence-corrected chi connectivity index (χ4v) is 5.33. The number of ether oxygens (including phenoxy) is 3. The van der Waals surface area contributed by atoms with Gasteiger partial charge in [-0.05, 0) is 54.7 Å². The Morgan fingerprint density at radius 3 is 2.38 bits per heavy atom.